The Morgan fingerprint density at radius 1 is 0.852 bits per heavy atom. The highest BCUT2D eigenvalue weighted by Gasteiger charge is 2.34. The third kappa shape index (κ3) is 3.10. The summed E-state index contributed by atoms with van der Waals surface area (Å²) >= 11 is 0. The second kappa shape index (κ2) is 6.91. The first kappa shape index (κ1) is 17.3. The van der Waals surface area contributed by atoms with Crippen LogP contribution in [0.2, 0.25) is 0 Å². The smallest absolute Gasteiger partial charge is 0.260 e. The van der Waals surface area contributed by atoms with Gasteiger partial charge in [0.05, 0.1) is 6.04 Å². The van der Waals surface area contributed by atoms with Crippen molar-refractivity contribution in [2.45, 2.75) is 12.5 Å². The van der Waals surface area contributed by atoms with Crippen LogP contribution in [0.5, 0.6) is 0 Å². The van der Waals surface area contributed by atoms with Crippen molar-refractivity contribution in [1.82, 2.24) is 4.90 Å². The van der Waals surface area contributed by atoms with Crippen molar-refractivity contribution in [2.24, 2.45) is 0 Å². The van der Waals surface area contributed by atoms with Crippen LogP contribution >= 0.6 is 0 Å². The molecule has 0 bridgehead atoms. The van der Waals surface area contributed by atoms with Crippen molar-refractivity contribution >= 4 is 5.91 Å². The van der Waals surface area contributed by atoms with Crippen molar-refractivity contribution in [1.29, 1.82) is 0 Å². The molecule has 0 aromatic heterocycles. The van der Waals surface area contributed by atoms with E-state index in [1.54, 1.807) is 12.1 Å². The van der Waals surface area contributed by atoms with Crippen LogP contribution < -0.4 is 0 Å². The fourth-order valence-electron chi connectivity index (χ4n) is 3.64. The summed E-state index contributed by atoms with van der Waals surface area (Å²) in [5.74, 6) is -2.89. The van der Waals surface area contributed by atoms with Crippen LogP contribution in [0.25, 0.3) is 0 Å². The van der Waals surface area contributed by atoms with Gasteiger partial charge in [-0.2, -0.15) is 0 Å². The number of benzene rings is 3. The zero-order chi connectivity index (χ0) is 19.0. The van der Waals surface area contributed by atoms with Crippen LogP contribution in [0.15, 0.2) is 66.7 Å². The normalized spacial score (nSPS) is 16.1. The standard InChI is InChI=1S/C22H16F3NO/c23-16-10-8-15(9-11-16)21-17-5-2-1-4-14(17)12-13-26(21)22(27)20-18(24)6-3-7-19(20)25/h1-11,21H,12-13H2. The Hall–Kier alpha value is -3.08. The summed E-state index contributed by atoms with van der Waals surface area (Å²) in [6.07, 6.45) is 0.579. The molecule has 0 radical (unpaired) electrons. The highest BCUT2D eigenvalue weighted by Crippen LogP contribution is 2.36. The van der Waals surface area contributed by atoms with E-state index < -0.39 is 29.1 Å². The number of carbonyl (C=O) groups excluding carboxylic acids is 1. The SMILES string of the molecule is O=C(c1c(F)cccc1F)N1CCc2ccccc2C1c1ccc(F)cc1. The summed E-state index contributed by atoms with van der Waals surface area (Å²) in [5, 5.41) is 0. The van der Waals surface area contributed by atoms with E-state index in [-0.39, 0.29) is 5.82 Å². The van der Waals surface area contributed by atoms with Crippen LogP contribution in [0.1, 0.15) is 33.1 Å². The summed E-state index contributed by atoms with van der Waals surface area (Å²) in [6, 6.07) is 16.3. The van der Waals surface area contributed by atoms with Crippen molar-refractivity contribution in [3.63, 3.8) is 0 Å². The van der Waals surface area contributed by atoms with Gasteiger partial charge in [0.1, 0.15) is 23.0 Å². The molecule has 1 unspecified atom stereocenters. The molecule has 1 aliphatic rings. The third-order valence-electron chi connectivity index (χ3n) is 4.91. The molecule has 3 aromatic rings. The summed E-state index contributed by atoms with van der Waals surface area (Å²) in [4.78, 5) is 14.5. The Morgan fingerprint density at radius 2 is 1.52 bits per heavy atom. The van der Waals surface area contributed by atoms with Gasteiger partial charge in [-0.05, 0) is 47.4 Å². The molecular formula is C22H16F3NO. The van der Waals surface area contributed by atoms with Gasteiger partial charge in [0.25, 0.3) is 5.91 Å². The Labute approximate surface area is 154 Å². The number of rotatable bonds is 2. The van der Waals surface area contributed by atoms with E-state index in [9.17, 15) is 18.0 Å². The summed E-state index contributed by atoms with van der Waals surface area (Å²) in [7, 11) is 0. The van der Waals surface area contributed by atoms with Gasteiger partial charge in [-0.3, -0.25) is 4.79 Å². The molecule has 4 rings (SSSR count). The summed E-state index contributed by atoms with van der Waals surface area (Å²) in [5.41, 5.74) is 2.06. The monoisotopic (exact) mass is 367 g/mol. The van der Waals surface area contributed by atoms with Crippen molar-refractivity contribution < 1.29 is 18.0 Å². The molecule has 1 aliphatic heterocycles. The lowest BCUT2D eigenvalue weighted by molar-refractivity contribution is 0.0684. The van der Waals surface area contributed by atoms with Gasteiger partial charge in [0.15, 0.2) is 0 Å². The predicted molar refractivity (Wildman–Crippen MR) is 95.8 cm³/mol. The number of hydrogen-bond donors (Lipinski definition) is 0. The van der Waals surface area contributed by atoms with Gasteiger partial charge in [-0.25, -0.2) is 13.2 Å². The number of nitrogens with zero attached hydrogens (tertiary/aromatic N) is 1. The number of halogens is 3. The van der Waals surface area contributed by atoms with Crippen molar-refractivity contribution in [2.75, 3.05) is 6.54 Å². The zero-order valence-electron chi connectivity index (χ0n) is 14.3. The second-order valence-corrected chi connectivity index (χ2v) is 6.50. The van der Waals surface area contributed by atoms with Crippen molar-refractivity contribution in [3.8, 4) is 0 Å². The fraction of sp³-hybridized carbons (Fsp3) is 0.136. The molecule has 0 spiro atoms. The van der Waals surface area contributed by atoms with Crippen LogP contribution in [0, 0.1) is 17.5 Å². The molecule has 1 amide bonds. The largest absolute Gasteiger partial charge is 0.327 e. The van der Waals surface area contributed by atoms with Crippen LogP contribution in [0.4, 0.5) is 13.2 Å². The first-order chi connectivity index (χ1) is 13.1. The first-order valence-corrected chi connectivity index (χ1v) is 8.64. The van der Waals surface area contributed by atoms with Gasteiger partial charge in [-0.15, -0.1) is 0 Å². The second-order valence-electron chi connectivity index (χ2n) is 6.50. The molecule has 3 aromatic carbocycles. The average molecular weight is 367 g/mol. The molecule has 1 heterocycles. The molecule has 136 valence electrons. The predicted octanol–water partition coefficient (Wildman–Crippen LogP) is 4.89. The molecule has 0 N–H and O–H groups in total. The maximum atomic E-state index is 14.2. The number of hydrogen-bond acceptors (Lipinski definition) is 1. The lowest BCUT2D eigenvalue weighted by Crippen LogP contribution is -2.41. The third-order valence-corrected chi connectivity index (χ3v) is 4.91. The van der Waals surface area contributed by atoms with Gasteiger partial charge >= 0.3 is 0 Å². The number of carbonyl (C=O) groups is 1. The van der Waals surface area contributed by atoms with Crippen molar-refractivity contribution in [3.05, 3.63) is 106 Å². The van der Waals surface area contributed by atoms with Crippen LogP contribution in [-0.2, 0) is 6.42 Å². The molecule has 0 saturated carbocycles. The summed E-state index contributed by atoms with van der Waals surface area (Å²) in [6.45, 7) is 0.311. The molecule has 27 heavy (non-hydrogen) atoms. The van der Waals surface area contributed by atoms with E-state index in [4.69, 9.17) is 0 Å². The molecule has 0 saturated heterocycles. The Kier molecular flexibility index (Phi) is 4.44. The Bertz CT molecular complexity index is 980. The topological polar surface area (TPSA) is 20.3 Å². The van der Waals surface area contributed by atoms with E-state index in [1.165, 1.54) is 23.1 Å². The molecule has 0 aliphatic carbocycles. The van der Waals surface area contributed by atoms with Crippen LogP contribution in [-0.4, -0.2) is 17.4 Å². The van der Waals surface area contributed by atoms with E-state index in [0.29, 0.717) is 18.5 Å². The van der Waals surface area contributed by atoms with Gasteiger partial charge < -0.3 is 4.90 Å². The Morgan fingerprint density at radius 3 is 2.22 bits per heavy atom. The minimum Gasteiger partial charge on any atom is -0.327 e. The molecule has 1 atom stereocenters. The van der Waals surface area contributed by atoms with Crippen LogP contribution in [0.3, 0.4) is 0 Å². The van der Waals surface area contributed by atoms with Gasteiger partial charge in [0, 0.05) is 6.54 Å². The van der Waals surface area contributed by atoms with E-state index in [2.05, 4.69) is 0 Å². The quantitative estimate of drug-likeness (QED) is 0.631. The van der Waals surface area contributed by atoms with E-state index in [1.807, 2.05) is 24.3 Å². The molecular weight excluding hydrogens is 351 g/mol. The lowest BCUT2D eigenvalue weighted by atomic mass is 9.87. The molecule has 2 nitrogen and oxygen atoms in total. The first-order valence-electron chi connectivity index (χ1n) is 8.64. The highest BCUT2D eigenvalue weighted by molar-refractivity contribution is 5.95. The van der Waals surface area contributed by atoms with Gasteiger partial charge in [0.2, 0.25) is 0 Å². The molecule has 5 heteroatoms. The van der Waals surface area contributed by atoms with E-state index in [0.717, 1.165) is 23.3 Å². The maximum absolute atomic E-state index is 14.2. The Balaban J connectivity index is 1.84. The lowest BCUT2D eigenvalue weighted by Gasteiger charge is -2.38. The zero-order valence-corrected chi connectivity index (χ0v) is 14.3. The maximum Gasteiger partial charge on any atom is 0.260 e. The number of fused-ring (bicyclic) bond motifs is 1. The fourth-order valence-corrected chi connectivity index (χ4v) is 3.64. The minimum atomic E-state index is -0.892. The summed E-state index contributed by atoms with van der Waals surface area (Å²) < 4.78 is 41.8. The minimum absolute atomic E-state index is 0.311. The molecule has 0 fully saturated rings. The van der Waals surface area contributed by atoms with E-state index >= 15 is 0 Å². The van der Waals surface area contributed by atoms with Gasteiger partial charge in [-0.1, -0.05) is 42.5 Å². The number of amides is 1. The highest BCUT2D eigenvalue weighted by atomic mass is 19.1. The average Bonchev–Trinajstić information content (AvgIpc) is 2.67.